The zero-order valence-corrected chi connectivity index (χ0v) is 10.2. The molecule has 0 aliphatic heterocycles. The third-order valence-electron chi connectivity index (χ3n) is 4.12. The number of hydrogen-bond donors (Lipinski definition) is 1. The first-order valence-electron chi connectivity index (χ1n) is 6.83. The van der Waals surface area contributed by atoms with Crippen LogP contribution in [0.25, 0.3) is 0 Å². The van der Waals surface area contributed by atoms with Crippen LogP contribution in [0, 0.1) is 5.92 Å². The molecule has 0 aromatic rings. The van der Waals surface area contributed by atoms with Crippen molar-refractivity contribution < 1.29 is 4.79 Å². The van der Waals surface area contributed by atoms with E-state index in [2.05, 4.69) is 4.90 Å². The Morgan fingerprint density at radius 2 is 1.75 bits per heavy atom. The van der Waals surface area contributed by atoms with E-state index in [1.165, 1.54) is 38.5 Å². The van der Waals surface area contributed by atoms with E-state index in [0.29, 0.717) is 24.4 Å². The third kappa shape index (κ3) is 2.57. The van der Waals surface area contributed by atoms with Gasteiger partial charge in [-0.2, -0.15) is 0 Å². The van der Waals surface area contributed by atoms with Crippen molar-refractivity contribution in [2.45, 2.75) is 57.4 Å². The van der Waals surface area contributed by atoms with Crippen LogP contribution in [0.1, 0.15) is 51.4 Å². The van der Waals surface area contributed by atoms with Crippen LogP contribution in [0.15, 0.2) is 0 Å². The fourth-order valence-corrected chi connectivity index (χ4v) is 2.89. The molecule has 0 spiro atoms. The predicted molar refractivity (Wildman–Crippen MR) is 65.0 cm³/mol. The number of carbonyl (C=O) groups is 1. The number of nitrogens with two attached hydrogens (primary N) is 1. The Bertz CT molecular complexity index is 232. The standard InChI is InChI=1S/C13H24N2O/c14-9-10-15(12-7-4-8-12)13(16)11-5-2-1-3-6-11/h11-12H,1-10,14H2. The van der Waals surface area contributed by atoms with Gasteiger partial charge in [-0.3, -0.25) is 4.79 Å². The molecule has 0 aromatic carbocycles. The van der Waals surface area contributed by atoms with E-state index >= 15 is 0 Å². The summed E-state index contributed by atoms with van der Waals surface area (Å²) in [7, 11) is 0. The fraction of sp³-hybridized carbons (Fsp3) is 0.923. The summed E-state index contributed by atoms with van der Waals surface area (Å²) in [5.74, 6) is 0.704. The molecule has 2 fully saturated rings. The summed E-state index contributed by atoms with van der Waals surface area (Å²) in [5.41, 5.74) is 5.62. The first-order chi connectivity index (χ1) is 7.83. The molecule has 2 aliphatic carbocycles. The number of nitrogens with zero attached hydrogens (tertiary/aromatic N) is 1. The first kappa shape index (κ1) is 11.9. The average molecular weight is 224 g/mol. The Morgan fingerprint density at radius 1 is 1.06 bits per heavy atom. The second kappa shape index (κ2) is 5.67. The fourth-order valence-electron chi connectivity index (χ4n) is 2.89. The molecule has 1 amide bonds. The normalized spacial score (nSPS) is 22.8. The quantitative estimate of drug-likeness (QED) is 0.793. The van der Waals surface area contributed by atoms with Crippen LogP contribution < -0.4 is 5.73 Å². The highest BCUT2D eigenvalue weighted by atomic mass is 16.2. The molecular formula is C13H24N2O. The lowest BCUT2D eigenvalue weighted by atomic mass is 9.85. The Kier molecular flexibility index (Phi) is 4.22. The van der Waals surface area contributed by atoms with Crippen LogP contribution in [0.2, 0.25) is 0 Å². The topological polar surface area (TPSA) is 46.3 Å². The van der Waals surface area contributed by atoms with Gasteiger partial charge in [-0.25, -0.2) is 0 Å². The Morgan fingerprint density at radius 3 is 2.25 bits per heavy atom. The molecule has 0 saturated heterocycles. The highest BCUT2D eigenvalue weighted by molar-refractivity contribution is 5.79. The van der Waals surface area contributed by atoms with Crippen LogP contribution in [0.3, 0.4) is 0 Å². The molecule has 3 heteroatoms. The molecular weight excluding hydrogens is 200 g/mol. The second-order valence-corrected chi connectivity index (χ2v) is 5.24. The van der Waals surface area contributed by atoms with E-state index < -0.39 is 0 Å². The van der Waals surface area contributed by atoms with Gasteiger partial charge in [-0.05, 0) is 32.1 Å². The van der Waals surface area contributed by atoms with Crippen molar-refractivity contribution in [1.82, 2.24) is 4.90 Å². The van der Waals surface area contributed by atoms with E-state index in [4.69, 9.17) is 5.73 Å². The number of amides is 1. The minimum absolute atomic E-state index is 0.306. The molecule has 92 valence electrons. The lowest BCUT2D eigenvalue weighted by molar-refractivity contribution is -0.140. The van der Waals surface area contributed by atoms with Gasteiger partial charge < -0.3 is 10.6 Å². The summed E-state index contributed by atoms with van der Waals surface area (Å²) in [6.07, 6.45) is 9.65. The number of rotatable bonds is 4. The van der Waals surface area contributed by atoms with Gasteiger partial charge in [0.2, 0.25) is 5.91 Å². The number of hydrogen-bond acceptors (Lipinski definition) is 2. The van der Waals surface area contributed by atoms with E-state index in [1.54, 1.807) is 0 Å². The van der Waals surface area contributed by atoms with Crippen LogP contribution >= 0.6 is 0 Å². The largest absolute Gasteiger partial charge is 0.338 e. The van der Waals surface area contributed by atoms with Gasteiger partial charge in [0.05, 0.1) is 0 Å². The van der Waals surface area contributed by atoms with Crippen molar-refractivity contribution in [3.63, 3.8) is 0 Å². The maximum Gasteiger partial charge on any atom is 0.225 e. The number of carbonyl (C=O) groups excluding carboxylic acids is 1. The second-order valence-electron chi connectivity index (χ2n) is 5.24. The minimum Gasteiger partial charge on any atom is -0.338 e. The zero-order valence-electron chi connectivity index (χ0n) is 10.2. The molecule has 0 bridgehead atoms. The summed E-state index contributed by atoms with van der Waals surface area (Å²) in [5, 5.41) is 0. The highest BCUT2D eigenvalue weighted by Crippen LogP contribution is 2.30. The molecule has 2 saturated carbocycles. The van der Waals surface area contributed by atoms with Crippen molar-refractivity contribution in [3.05, 3.63) is 0 Å². The maximum atomic E-state index is 12.4. The van der Waals surface area contributed by atoms with E-state index in [-0.39, 0.29) is 0 Å². The summed E-state index contributed by atoms with van der Waals surface area (Å²) in [6.45, 7) is 1.37. The summed E-state index contributed by atoms with van der Waals surface area (Å²) >= 11 is 0. The molecule has 0 radical (unpaired) electrons. The maximum absolute atomic E-state index is 12.4. The van der Waals surface area contributed by atoms with Gasteiger partial charge in [0.25, 0.3) is 0 Å². The van der Waals surface area contributed by atoms with Gasteiger partial charge in [0, 0.05) is 25.0 Å². The van der Waals surface area contributed by atoms with E-state index in [0.717, 1.165) is 19.4 Å². The lowest BCUT2D eigenvalue weighted by Gasteiger charge is -2.40. The Labute approximate surface area is 98.4 Å². The molecule has 0 unspecified atom stereocenters. The summed E-state index contributed by atoms with van der Waals surface area (Å²) in [6, 6.07) is 0.512. The van der Waals surface area contributed by atoms with Crippen molar-refractivity contribution >= 4 is 5.91 Å². The average Bonchev–Trinajstić information content (AvgIpc) is 2.26. The van der Waals surface area contributed by atoms with Crippen molar-refractivity contribution in [1.29, 1.82) is 0 Å². The molecule has 0 heterocycles. The minimum atomic E-state index is 0.306. The smallest absolute Gasteiger partial charge is 0.225 e. The summed E-state index contributed by atoms with van der Waals surface area (Å²) in [4.78, 5) is 14.5. The predicted octanol–water partition coefficient (Wildman–Crippen LogP) is 1.91. The molecule has 2 aliphatic rings. The zero-order chi connectivity index (χ0) is 11.4. The van der Waals surface area contributed by atoms with Gasteiger partial charge in [-0.1, -0.05) is 19.3 Å². The SMILES string of the molecule is NCCN(C(=O)C1CCCCC1)C1CCC1. The molecule has 16 heavy (non-hydrogen) atoms. The molecule has 3 nitrogen and oxygen atoms in total. The van der Waals surface area contributed by atoms with Crippen molar-refractivity contribution in [2.75, 3.05) is 13.1 Å². The van der Waals surface area contributed by atoms with Crippen LogP contribution in [-0.4, -0.2) is 29.9 Å². The Hall–Kier alpha value is -0.570. The monoisotopic (exact) mass is 224 g/mol. The van der Waals surface area contributed by atoms with Gasteiger partial charge >= 0.3 is 0 Å². The molecule has 0 atom stereocenters. The van der Waals surface area contributed by atoms with E-state index in [1.807, 2.05) is 0 Å². The van der Waals surface area contributed by atoms with Crippen LogP contribution in [0.4, 0.5) is 0 Å². The highest BCUT2D eigenvalue weighted by Gasteiger charge is 2.32. The molecule has 2 rings (SSSR count). The molecule has 0 aromatic heterocycles. The van der Waals surface area contributed by atoms with Gasteiger partial charge in [0.1, 0.15) is 0 Å². The van der Waals surface area contributed by atoms with E-state index in [9.17, 15) is 4.79 Å². The Balaban J connectivity index is 1.92. The van der Waals surface area contributed by atoms with Crippen molar-refractivity contribution in [3.8, 4) is 0 Å². The van der Waals surface area contributed by atoms with Crippen LogP contribution in [-0.2, 0) is 4.79 Å². The van der Waals surface area contributed by atoms with Gasteiger partial charge in [0.15, 0.2) is 0 Å². The van der Waals surface area contributed by atoms with Gasteiger partial charge in [-0.15, -0.1) is 0 Å². The van der Waals surface area contributed by atoms with Crippen molar-refractivity contribution in [2.24, 2.45) is 11.7 Å². The molecule has 2 N–H and O–H groups in total. The third-order valence-corrected chi connectivity index (χ3v) is 4.12. The summed E-state index contributed by atoms with van der Waals surface area (Å²) < 4.78 is 0. The lowest BCUT2D eigenvalue weighted by Crippen LogP contribution is -2.49. The van der Waals surface area contributed by atoms with Crippen LogP contribution in [0.5, 0.6) is 0 Å². The first-order valence-corrected chi connectivity index (χ1v) is 6.83.